The van der Waals surface area contributed by atoms with E-state index in [9.17, 15) is 4.79 Å². The number of carbonyl (C=O) groups excluding carboxylic acids is 1. The number of piperidine rings is 1. The Hall–Kier alpha value is -2.37. The number of rotatable bonds is 5. The summed E-state index contributed by atoms with van der Waals surface area (Å²) < 4.78 is 2.28. The van der Waals surface area contributed by atoms with Crippen LogP contribution in [0.1, 0.15) is 25.6 Å². The van der Waals surface area contributed by atoms with Gasteiger partial charge in [0.1, 0.15) is 5.82 Å². The van der Waals surface area contributed by atoms with Crippen molar-refractivity contribution in [3.63, 3.8) is 0 Å². The van der Waals surface area contributed by atoms with Gasteiger partial charge < -0.3 is 9.88 Å². The quantitative estimate of drug-likeness (QED) is 0.687. The summed E-state index contributed by atoms with van der Waals surface area (Å²) in [5.74, 6) is 1.19. The molecule has 1 fully saturated rings. The minimum atomic E-state index is 0.0255. The van der Waals surface area contributed by atoms with Gasteiger partial charge in [0.15, 0.2) is 0 Å². The van der Waals surface area contributed by atoms with Gasteiger partial charge in [0.05, 0.1) is 28.3 Å². The standard InChI is InChI=1S/C22H25ClN4O/c1-2-27-20-10-6-5-9-19(20)24-21(27)15-26-13-11-16(12-14-26)22(28)25-18-8-4-3-7-17(18)23/h3-10,16H,2,11-15H2,1H3,(H,25,28). The maximum absolute atomic E-state index is 12.6. The number of anilines is 1. The lowest BCUT2D eigenvalue weighted by Gasteiger charge is -2.31. The molecule has 0 aliphatic carbocycles. The van der Waals surface area contributed by atoms with Crippen LogP contribution in [0, 0.1) is 5.92 Å². The number of nitrogens with one attached hydrogen (secondary N) is 1. The van der Waals surface area contributed by atoms with Crippen LogP contribution in [-0.2, 0) is 17.9 Å². The number of aromatic nitrogens is 2. The summed E-state index contributed by atoms with van der Waals surface area (Å²) in [6.07, 6.45) is 1.70. The summed E-state index contributed by atoms with van der Waals surface area (Å²) in [4.78, 5) is 19.8. The van der Waals surface area contributed by atoms with Crippen molar-refractivity contribution in [2.45, 2.75) is 32.9 Å². The third kappa shape index (κ3) is 3.91. The Morgan fingerprint density at radius 2 is 1.86 bits per heavy atom. The monoisotopic (exact) mass is 396 g/mol. The molecule has 1 amide bonds. The summed E-state index contributed by atoms with van der Waals surface area (Å²) in [6.45, 7) is 5.68. The van der Waals surface area contributed by atoms with E-state index >= 15 is 0 Å². The predicted octanol–water partition coefficient (Wildman–Crippen LogP) is 4.56. The molecule has 1 N–H and O–H groups in total. The van der Waals surface area contributed by atoms with E-state index in [1.54, 1.807) is 6.07 Å². The van der Waals surface area contributed by atoms with Crippen LogP contribution >= 0.6 is 11.6 Å². The molecule has 1 aromatic heterocycles. The highest BCUT2D eigenvalue weighted by atomic mass is 35.5. The highest BCUT2D eigenvalue weighted by Crippen LogP contribution is 2.25. The summed E-state index contributed by atoms with van der Waals surface area (Å²) in [5.41, 5.74) is 2.93. The van der Waals surface area contributed by atoms with Gasteiger partial charge >= 0.3 is 0 Å². The van der Waals surface area contributed by atoms with Crippen LogP contribution in [0.15, 0.2) is 48.5 Å². The molecule has 2 heterocycles. The van der Waals surface area contributed by atoms with Crippen LogP contribution in [0.3, 0.4) is 0 Å². The Bertz CT molecular complexity index is 976. The molecular weight excluding hydrogens is 372 g/mol. The first kappa shape index (κ1) is 19.0. The molecular formula is C22H25ClN4O. The predicted molar refractivity (Wildman–Crippen MR) is 113 cm³/mol. The van der Waals surface area contributed by atoms with Crippen LogP contribution in [-0.4, -0.2) is 33.4 Å². The molecule has 1 aliphatic heterocycles. The summed E-state index contributed by atoms with van der Waals surface area (Å²) in [6, 6.07) is 15.6. The van der Waals surface area contributed by atoms with Crippen molar-refractivity contribution in [3.8, 4) is 0 Å². The molecule has 0 bridgehead atoms. The number of imidazole rings is 1. The van der Waals surface area contributed by atoms with Gasteiger partial charge in [-0.3, -0.25) is 9.69 Å². The Kier molecular flexibility index (Phi) is 5.64. The molecule has 0 spiro atoms. The maximum Gasteiger partial charge on any atom is 0.227 e. The highest BCUT2D eigenvalue weighted by molar-refractivity contribution is 6.33. The molecule has 1 aliphatic rings. The lowest BCUT2D eigenvalue weighted by atomic mass is 9.96. The fourth-order valence-electron chi connectivity index (χ4n) is 3.95. The molecule has 6 heteroatoms. The third-order valence-electron chi connectivity index (χ3n) is 5.50. The molecule has 146 valence electrons. The van der Waals surface area contributed by atoms with Crippen molar-refractivity contribution in [3.05, 3.63) is 59.4 Å². The van der Waals surface area contributed by atoms with Crippen molar-refractivity contribution < 1.29 is 4.79 Å². The molecule has 4 rings (SSSR count). The van der Waals surface area contributed by atoms with E-state index in [1.807, 2.05) is 24.3 Å². The van der Waals surface area contributed by atoms with E-state index in [-0.39, 0.29) is 11.8 Å². The molecule has 3 aromatic rings. The zero-order chi connectivity index (χ0) is 19.5. The fourth-order valence-corrected chi connectivity index (χ4v) is 4.13. The number of nitrogens with zero attached hydrogens (tertiary/aromatic N) is 3. The van der Waals surface area contributed by atoms with Crippen molar-refractivity contribution in [1.82, 2.24) is 14.5 Å². The van der Waals surface area contributed by atoms with Gasteiger partial charge in [-0.2, -0.15) is 0 Å². The molecule has 28 heavy (non-hydrogen) atoms. The number of benzene rings is 2. The van der Waals surface area contributed by atoms with Crippen molar-refractivity contribution in [2.24, 2.45) is 5.92 Å². The number of hydrogen-bond acceptors (Lipinski definition) is 3. The number of para-hydroxylation sites is 3. The topological polar surface area (TPSA) is 50.2 Å². The largest absolute Gasteiger partial charge is 0.327 e. The van der Waals surface area contributed by atoms with E-state index in [0.717, 1.165) is 50.4 Å². The van der Waals surface area contributed by atoms with Gasteiger partial charge in [-0.1, -0.05) is 35.9 Å². The molecule has 0 unspecified atom stereocenters. The van der Waals surface area contributed by atoms with Gasteiger partial charge in [0, 0.05) is 12.5 Å². The Labute approximate surface area is 170 Å². The average Bonchev–Trinajstić information content (AvgIpc) is 3.07. The first-order valence-corrected chi connectivity index (χ1v) is 10.3. The SMILES string of the molecule is CCn1c(CN2CCC(C(=O)Nc3ccccc3Cl)CC2)nc2ccccc21. The number of hydrogen-bond donors (Lipinski definition) is 1. The van der Waals surface area contributed by atoms with Crippen LogP contribution in [0.5, 0.6) is 0 Å². The van der Waals surface area contributed by atoms with Gasteiger partial charge in [-0.25, -0.2) is 4.98 Å². The van der Waals surface area contributed by atoms with Gasteiger partial charge in [0.2, 0.25) is 5.91 Å². The van der Waals surface area contributed by atoms with E-state index < -0.39 is 0 Å². The van der Waals surface area contributed by atoms with Gasteiger partial charge in [-0.05, 0) is 57.1 Å². The normalized spacial score (nSPS) is 15.8. The summed E-state index contributed by atoms with van der Waals surface area (Å²) in [7, 11) is 0. The van der Waals surface area contributed by atoms with Crippen LogP contribution in [0.25, 0.3) is 11.0 Å². The Balaban J connectivity index is 1.37. The van der Waals surface area contributed by atoms with E-state index in [0.29, 0.717) is 10.7 Å². The van der Waals surface area contributed by atoms with Crippen molar-refractivity contribution in [2.75, 3.05) is 18.4 Å². The maximum atomic E-state index is 12.6. The zero-order valence-corrected chi connectivity index (χ0v) is 16.8. The van der Waals surface area contributed by atoms with E-state index in [1.165, 1.54) is 5.52 Å². The zero-order valence-electron chi connectivity index (χ0n) is 16.1. The minimum Gasteiger partial charge on any atom is -0.327 e. The second-order valence-corrected chi connectivity index (χ2v) is 7.69. The fraction of sp³-hybridized carbons (Fsp3) is 0.364. The van der Waals surface area contributed by atoms with Crippen molar-refractivity contribution in [1.29, 1.82) is 0 Å². The lowest BCUT2D eigenvalue weighted by Crippen LogP contribution is -2.38. The first-order chi connectivity index (χ1) is 13.7. The highest BCUT2D eigenvalue weighted by Gasteiger charge is 2.26. The smallest absolute Gasteiger partial charge is 0.227 e. The molecule has 1 saturated heterocycles. The summed E-state index contributed by atoms with van der Waals surface area (Å²) >= 11 is 6.15. The third-order valence-corrected chi connectivity index (χ3v) is 5.83. The molecule has 5 nitrogen and oxygen atoms in total. The minimum absolute atomic E-state index is 0.0255. The Morgan fingerprint density at radius 3 is 2.61 bits per heavy atom. The summed E-state index contributed by atoms with van der Waals surface area (Å²) in [5, 5.41) is 3.55. The lowest BCUT2D eigenvalue weighted by molar-refractivity contribution is -0.121. The van der Waals surface area contributed by atoms with Crippen LogP contribution in [0.2, 0.25) is 5.02 Å². The molecule has 0 saturated carbocycles. The molecule has 0 radical (unpaired) electrons. The molecule has 2 aromatic carbocycles. The number of likely N-dealkylation sites (tertiary alicyclic amines) is 1. The number of carbonyl (C=O) groups is 1. The number of fused-ring (bicyclic) bond motifs is 1. The number of halogens is 1. The van der Waals surface area contributed by atoms with Crippen molar-refractivity contribution >= 4 is 34.2 Å². The molecule has 0 atom stereocenters. The number of aryl methyl sites for hydroxylation is 1. The Morgan fingerprint density at radius 1 is 1.14 bits per heavy atom. The first-order valence-electron chi connectivity index (χ1n) is 9.87. The second kappa shape index (κ2) is 8.33. The average molecular weight is 397 g/mol. The number of amides is 1. The van der Waals surface area contributed by atoms with Gasteiger partial charge in [-0.15, -0.1) is 0 Å². The van der Waals surface area contributed by atoms with E-state index in [4.69, 9.17) is 16.6 Å². The van der Waals surface area contributed by atoms with E-state index in [2.05, 4.69) is 39.9 Å². The van der Waals surface area contributed by atoms with Gasteiger partial charge in [0.25, 0.3) is 0 Å². The second-order valence-electron chi connectivity index (χ2n) is 7.28. The van der Waals surface area contributed by atoms with Crippen LogP contribution in [0.4, 0.5) is 5.69 Å². The van der Waals surface area contributed by atoms with Crippen LogP contribution < -0.4 is 5.32 Å².